The highest BCUT2D eigenvalue weighted by atomic mass is 16.3. The molecule has 2 aromatic carbocycles. The smallest absolute Gasteiger partial charge is 0.0696 e. The summed E-state index contributed by atoms with van der Waals surface area (Å²) in [4.78, 5) is 0. The van der Waals surface area contributed by atoms with E-state index >= 15 is 0 Å². The van der Waals surface area contributed by atoms with Gasteiger partial charge in [0.25, 0.3) is 0 Å². The fraction of sp³-hybridized carbons (Fsp3) is 0.176. The van der Waals surface area contributed by atoms with Gasteiger partial charge in [0.2, 0.25) is 0 Å². The first-order valence-electron chi connectivity index (χ1n) is 6.31. The zero-order chi connectivity index (χ0) is 12.5. The fourth-order valence-electron chi connectivity index (χ4n) is 2.52. The van der Waals surface area contributed by atoms with E-state index in [0.29, 0.717) is 0 Å². The molecular weight excluding hydrogens is 220 g/mol. The second-order valence-corrected chi connectivity index (χ2v) is 4.85. The molecule has 2 aromatic rings. The van der Waals surface area contributed by atoms with Gasteiger partial charge >= 0.3 is 0 Å². The van der Waals surface area contributed by atoms with Crippen molar-refractivity contribution >= 4 is 6.08 Å². The molecule has 0 spiro atoms. The van der Waals surface area contributed by atoms with Crippen LogP contribution in [0.25, 0.3) is 17.2 Å². The fourth-order valence-corrected chi connectivity index (χ4v) is 2.52. The maximum atomic E-state index is 9.26. The van der Waals surface area contributed by atoms with E-state index in [9.17, 15) is 5.11 Å². The Hall–Kier alpha value is -1.86. The van der Waals surface area contributed by atoms with Gasteiger partial charge in [-0.25, -0.2) is 0 Å². The Morgan fingerprint density at radius 1 is 1.06 bits per heavy atom. The minimum Gasteiger partial charge on any atom is -0.389 e. The molecule has 0 bridgehead atoms. The minimum absolute atomic E-state index is 0.393. The lowest BCUT2D eigenvalue weighted by atomic mass is 10.0. The van der Waals surface area contributed by atoms with E-state index in [1.54, 1.807) is 6.92 Å². The van der Waals surface area contributed by atoms with Crippen molar-refractivity contribution in [2.75, 3.05) is 0 Å². The number of hydrogen-bond acceptors (Lipinski definition) is 1. The number of aliphatic hydroxyl groups is 1. The van der Waals surface area contributed by atoms with E-state index in [0.717, 1.165) is 12.0 Å². The van der Waals surface area contributed by atoms with Gasteiger partial charge in [0, 0.05) is 0 Å². The second kappa shape index (κ2) is 4.43. The highest BCUT2D eigenvalue weighted by Crippen LogP contribution is 2.36. The molecule has 1 aliphatic carbocycles. The molecule has 0 radical (unpaired) electrons. The molecular formula is C17H16O. The molecule has 1 nitrogen and oxygen atoms in total. The number of hydrogen-bond donors (Lipinski definition) is 1. The van der Waals surface area contributed by atoms with Crippen molar-refractivity contribution in [3.05, 3.63) is 65.2 Å². The van der Waals surface area contributed by atoms with Crippen LogP contribution in [0.3, 0.4) is 0 Å². The van der Waals surface area contributed by atoms with Crippen LogP contribution in [0.2, 0.25) is 0 Å². The molecule has 0 aromatic heterocycles. The van der Waals surface area contributed by atoms with Crippen molar-refractivity contribution in [1.82, 2.24) is 0 Å². The highest BCUT2D eigenvalue weighted by Gasteiger charge is 2.17. The topological polar surface area (TPSA) is 20.2 Å². The van der Waals surface area contributed by atoms with Crippen LogP contribution in [0.1, 0.15) is 23.6 Å². The predicted molar refractivity (Wildman–Crippen MR) is 75.4 cm³/mol. The average molecular weight is 236 g/mol. The molecule has 1 N–H and O–H groups in total. The zero-order valence-corrected chi connectivity index (χ0v) is 10.4. The standard InChI is InChI=1S/C17H16O/c1-12(18)6-7-13-8-9-17-15(10-13)11-14-4-2-3-5-16(14)17/h2-10,12,18H,11H2,1H3/b7-6+. The largest absolute Gasteiger partial charge is 0.389 e. The maximum Gasteiger partial charge on any atom is 0.0696 e. The van der Waals surface area contributed by atoms with Crippen LogP contribution in [-0.2, 0) is 6.42 Å². The van der Waals surface area contributed by atoms with Gasteiger partial charge < -0.3 is 5.11 Å². The van der Waals surface area contributed by atoms with Crippen LogP contribution in [0.5, 0.6) is 0 Å². The van der Waals surface area contributed by atoms with Gasteiger partial charge in [-0.3, -0.25) is 0 Å². The Labute approximate surface area is 107 Å². The SMILES string of the molecule is CC(O)/C=C/c1ccc2c(c1)Cc1ccccc1-2. The van der Waals surface area contributed by atoms with Gasteiger partial charge in [0.1, 0.15) is 0 Å². The van der Waals surface area contributed by atoms with E-state index in [1.165, 1.54) is 22.3 Å². The van der Waals surface area contributed by atoms with Crippen molar-refractivity contribution in [3.63, 3.8) is 0 Å². The number of benzene rings is 2. The molecule has 0 amide bonds. The van der Waals surface area contributed by atoms with Gasteiger partial charge in [-0.05, 0) is 41.2 Å². The summed E-state index contributed by atoms with van der Waals surface area (Å²) in [6.07, 6.45) is 4.41. The number of fused-ring (bicyclic) bond motifs is 3. The van der Waals surface area contributed by atoms with Crippen molar-refractivity contribution in [2.45, 2.75) is 19.4 Å². The Balaban J connectivity index is 1.98. The van der Waals surface area contributed by atoms with E-state index < -0.39 is 6.10 Å². The first kappa shape index (κ1) is 11.2. The first-order chi connectivity index (χ1) is 8.74. The van der Waals surface area contributed by atoms with Gasteiger partial charge in [-0.1, -0.05) is 54.6 Å². The molecule has 1 unspecified atom stereocenters. The Bertz CT molecular complexity index is 609. The van der Waals surface area contributed by atoms with Gasteiger partial charge in [-0.15, -0.1) is 0 Å². The third-order valence-electron chi connectivity index (χ3n) is 3.38. The van der Waals surface area contributed by atoms with E-state index in [4.69, 9.17) is 0 Å². The molecule has 18 heavy (non-hydrogen) atoms. The number of rotatable bonds is 2. The molecule has 3 rings (SSSR count). The Morgan fingerprint density at radius 3 is 2.67 bits per heavy atom. The summed E-state index contributed by atoms with van der Waals surface area (Å²) in [6.45, 7) is 1.76. The van der Waals surface area contributed by atoms with Crippen LogP contribution >= 0.6 is 0 Å². The molecule has 0 aliphatic heterocycles. The molecule has 1 aliphatic rings. The van der Waals surface area contributed by atoms with Gasteiger partial charge in [0.15, 0.2) is 0 Å². The number of aliphatic hydroxyl groups excluding tert-OH is 1. The van der Waals surface area contributed by atoms with E-state index in [-0.39, 0.29) is 0 Å². The van der Waals surface area contributed by atoms with Crippen LogP contribution in [0.15, 0.2) is 48.5 Å². The lowest BCUT2D eigenvalue weighted by Crippen LogP contribution is -1.91. The van der Waals surface area contributed by atoms with Crippen molar-refractivity contribution in [2.24, 2.45) is 0 Å². The summed E-state index contributed by atoms with van der Waals surface area (Å²) >= 11 is 0. The third-order valence-corrected chi connectivity index (χ3v) is 3.38. The van der Waals surface area contributed by atoms with Crippen LogP contribution in [-0.4, -0.2) is 11.2 Å². The molecule has 90 valence electrons. The summed E-state index contributed by atoms with van der Waals surface area (Å²) in [5, 5.41) is 9.26. The van der Waals surface area contributed by atoms with Gasteiger partial charge in [0.05, 0.1) is 6.10 Å². The van der Waals surface area contributed by atoms with Crippen molar-refractivity contribution in [1.29, 1.82) is 0 Å². The van der Waals surface area contributed by atoms with Crippen molar-refractivity contribution < 1.29 is 5.11 Å². The summed E-state index contributed by atoms with van der Waals surface area (Å²) in [5.74, 6) is 0. The summed E-state index contributed by atoms with van der Waals surface area (Å²) in [7, 11) is 0. The Morgan fingerprint density at radius 2 is 1.83 bits per heavy atom. The van der Waals surface area contributed by atoms with Crippen LogP contribution in [0.4, 0.5) is 0 Å². The van der Waals surface area contributed by atoms with Gasteiger partial charge in [-0.2, -0.15) is 0 Å². The monoisotopic (exact) mass is 236 g/mol. The highest BCUT2D eigenvalue weighted by molar-refractivity contribution is 5.78. The normalized spacial score (nSPS) is 14.6. The maximum absolute atomic E-state index is 9.26. The quantitative estimate of drug-likeness (QED) is 0.720. The molecule has 0 saturated heterocycles. The van der Waals surface area contributed by atoms with Crippen LogP contribution in [0, 0.1) is 0 Å². The summed E-state index contributed by atoms with van der Waals surface area (Å²) < 4.78 is 0. The molecule has 0 heterocycles. The summed E-state index contributed by atoms with van der Waals surface area (Å²) in [6, 6.07) is 15.1. The lowest BCUT2D eigenvalue weighted by Gasteiger charge is -2.02. The average Bonchev–Trinajstić information content (AvgIpc) is 2.73. The molecule has 1 atom stereocenters. The first-order valence-corrected chi connectivity index (χ1v) is 6.31. The predicted octanol–water partition coefficient (Wildman–Crippen LogP) is 3.65. The zero-order valence-electron chi connectivity index (χ0n) is 10.4. The molecule has 0 fully saturated rings. The van der Waals surface area contributed by atoms with Crippen LogP contribution < -0.4 is 0 Å². The minimum atomic E-state index is -0.393. The molecule has 0 saturated carbocycles. The Kier molecular flexibility index (Phi) is 2.77. The van der Waals surface area contributed by atoms with E-state index in [1.807, 2.05) is 12.2 Å². The third kappa shape index (κ3) is 1.98. The van der Waals surface area contributed by atoms with E-state index in [2.05, 4.69) is 42.5 Å². The molecule has 1 heteroatoms. The lowest BCUT2D eigenvalue weighted by molar-refractivity contribution is 0.245. The summed E-state index contributed by atoms with van der Waals surface area (Å²) in [5.41, 5.74) is 6.65. The van der Waals surface area contributed by atoms with Crippen molar-refractivity contribution in [3.8, 4) is 11.1 Å². The second-order valence-electron chi connectivity index (χ2n) is 4.85.